The normalized spacial score (nSPS) is 11.1. The molecule has 0 spiro atoms. The Hall–Kier alpha value is -2.36. The summed E-state index contributed by atoms with van der Waals surface area (Å²) in [6.07, 6.45) is 0. The molecular weight excluding hydrogens is 241 g/mol. The molecular formula is C15H14FN3. The number of imidazole rings is 1. The highest BCUT2D eigenvalue weighted by Crippen LogP contribution is 2.20. The fraction of sp³-hybridized carbons (Fsp3) is 0.133. The molecule has 96 valence electrons. The molecule has 0 aliphatic carbocycles. The van der Waals surface area contributed by atoms with E-state index in [-0.39, 0.29) is 5.82 Å². The first-order valence-electron chi connectivity index (χ1n) is 6.11. The van der Waals surface area contributed by atoms with Gasteiger partial charge in [-0.05, 0) is 42.3 Å². The first-order valence-corrected chi connectivity index (χ1v) is 6.11. The van der Waals surface area contributed by atoms with Crippen molar-refractivity contribution < 1.29 is 4.39 Å². The van der Waals surface area contributed by atoms with E-state index in [1.54, 1.807) is 6.07 Å². The molecule has 0 aliphatic heterocycles. The number of nitrogens with two attached hydrogens (primary N) is 1. The minimum atomic E-state index is -0.218. The molecule has 0 amide bonds. The molecule has 3 rings (SSSR count). The van der Waals surface area contributed by atoms with Crippen molar-refractivity contribution >= 4 is 17.0 Å². The van der Waals surface area contributed by atoms with Crippen molar-refractivity contribution in [3.8, 4) is 0 Å². The van der Waals surface area contributed by atoms with Crippen LogP contribution in [0.3, 0.4) is 0 Å². The van der Waals surface area contributed by atoms with Gasteiger partial charge in [0.2, 0.25) is 5.95 Å². The van der Waals surface area contributed by atoms with Crippen LogP contribution in [0.15, 0.2) is 42.5 Å². The minimum absolute atomic E-state index is 0.218. The molecule has 0 unspecified atom stereocenters. The van der Waals surface area contributed by atoms with Crippen LogP contribution in [-0.2, 0) is 6.54 Å². The first-order chi connectivity index (χ1) is 9.15. The summed E-state index contributed by atoms with van der Waals surface area (Å²) in [5, 5.41) is 0. The summed E-state index contributed by atoms with van der Waals surface area (Å²) in [5.41, 5.74) is 9.78. The van der Waals surface area contributed by atoms with Gasteiger partial charge < -0.3 is 10.3 Å². The third kappa shape index (κ3) is 2.05. The molecule has 3 aromatic rings. The number of aromatic nitrogens is 2. The lowest BCUT2D eigenvalue weighted by molar-refractivity contribution is 0.625. The Morgan fingerprint density at radius 2 is 2.00 bits per heavy atom. The lowest BCUT2D eigenvalue weighted by atomic mass is 10.1. The van der Waals surface area contributed by atoms with Gasteiger partial charge in [0.1, 0.15) is 5.82 Å². The zero-order valence-electron chi connectivity index (χ0n) is 10.6. The average Bonchev–Trinajstić information content (AvgIpc) is 2.69. The Morgan fingerprint density at radius 3 is 2.79 bits per heavy atom. The molecule has 1 heterocycles. The second-order valence-electron chi connectivity index (χ2n) is 4.62. The van der Waals surface area contributed by atoms with E-state index < -0.39 is 0 Å². The lowest BCUT2D eigenvalue weighted by Gasteiger charge is -2.09. The molecule has 1 aromatic heterocycles. The Balaban J connectivity index is 2.08. The maximum atomic E-state index is 13.1. The van der Waals surface area contributed by atoms with E-state index in [1.807, 2.05) is 35.8 Å². The molecule has 0 fully saturated rings. The summed E-state index contributed by atoms with van der Waals surface area (Å²) < 4.78 is 15.1. The fourth-order valence-corrected chi connectivity index (χ4v) is 2.27. The van der Waals surface area contributed by atoms with E-state index in [2.05, 4.69) is 4.98 Å². The van der Waals surface area contributed by atoms with Gasteiger partial charge >= 0.3 is 0 Å². The van der Waals surface area contributed by atoms with Gasteiger partial charge in [0.05, 0.1) is 17.6 Å². The Morgan fingerprint density at radius 1 is 1.21 bits per heavy atom. The highest BCUT2D eigenvalue weighted by atomic mass is 19.1. The van der Waals surface area contributed by atoms with Gasteiger partial charge in [0.15, 0.2) is 0 Å². The van der Waals surface area contributed by atoms with Gasteiger partial charge in [-0.15, -0.1) is 0 Å². The number of aryl methyl sites for hydroxylation is 1. The number of nitrogen functional groups attached to an aromatic ring is 1. The molecule has 3 nitrogen and oxygen atoms in total. The summed E-state index contributed by atoms with van der Waals surface area (Å²) in [4.78, 5) is 4.32. The smallest absolute Gasteiger partial charge is 0.201 e. The number of hydrogen-bond donors (Lipinski definition) is 1. The van der Waals surface area contributed by atoms with Gasteiger partial charge in [-0.1, -0.05) is 18.2 Å². The predicted octanol–water partition coefficient (Wildman–Crippen LogP) is 3.11. The molecule has 0 atom stereocenters. The summed E-state index contributed by atoms with van der Waals surface area (Å²) in [7, 11) is 0. The highest BCUT2D eigenvalue weighted by molar-refractivity contribution is 5.78. The van der Waals surface area contributed by atoms with E-state index in [0.717, 1.165) is 22.2 Å². The van der Waals surface area contributed by atoms with Crippen molar-refractivity contribution in [2.45, 2.75) is 13.5 Å². The van der Waals surface area contributed by atoms with Crippen LogP contribution in [0.5, 0.6) is 0 Å². The minimum Gasteiger partial charge on any atom is -0.369 e. The average molecular weight is 255 g/mol. The fourth-order valence-electron chi connectivity index (χ4n) is 2.27. The van der Waals surface area contributed by atoms with Gasteiger partial charge in [0.25, 0.3) is 0 Å². The Bertz CT molecular complexity index is 746. The number of halogens is 1. The van der Waals surface area contributed by atoms with E-state index in [4.69, 9.17) is 5.73 Å². The van der Waals surface area contributed by atoms with Gasteiger partial charge in [0, 0.05) is 0 Å². The monoisotopic (exact) mass is 255 g/mol. The Kier molecular flexibility index (Phi) is 2.71. The SMILES string of the molecule is Cc1cc(F)ccc1Cn1c(N)nc2ccccc21. The third-order valence-corrected chi connectivity index (χ3v) is 3.32. The molecule has 0 bridgehead atoms. The number of rotatable bonds is 2. The summed E-state index contributed by atoms with van der Waals surface area (Å²) in [6.45, 7) is 2.49. The molecule has 4 heteroatoms. The zero-order valence-corrected chi connectivity index (χ0v) is 10.6. The topological polar surface area (TPSA) is 43.8 Å². The number of anilines is 1. The number of fused-ring (bicyclic) bond motifs is 1. The Labute approximate surface area is 110 Å². The number of benzene rings is 2. The second kappa shape index (κ2) is 4.39. The molecule has 2 N–H and O–H groups in total. The van der Waals surface area contributed by atoms with Crippen LogP contribution in [0.25, 0.3) is 11.0 Å². The summed E-state index contributed by atoms with van der Waals surface area (Å²) >= 11 is 0. The van der Waals surface area contributed by atoms with Crippen molar-refractivity contribution in [1.82, 2.24) is 9.55 Å². The van der Waals surface area contributed by atoms with E-state index >= 15 is 0 Å². The molecule has 2 aromatic carbocycles. The van der Waals surface area contributed by atoms with Crippen LogP contribution in [-0.4, -0.2) is 9.55 Å². The van der Waals surface area contributed by atoms with Crippen LogP contribution >= 0.6 is 0 Å². The van der Waals surface area contributed by atoms with Crippen molar-refractivity contribution in [3.05, 3.63) is 59.4 Å². The molecule has 0 saturated heterocycles. The van der Waals surface area contributed by atoms with Crippen LogP contribution in [0, 0.1) is 12.7 Å². The molecule has 19 heavy (non-hydrogen) atoms. The number of para-hydroxylation sites is 2. The van der Waals surface area contributed by atoms with Crippen molar-refractivity contribution in [2.75, 3.05) is 5.73 Å². The lowest BCUT2D eigenvalue weighted by Crippen LogP contribution is -2.05. The summed E-state index contributed by atoms with van der Waals surface area (Å²) in [5.74, 6) is 0.259. The van der Waals surface area contributed by atoms with Crippen LogP contribution < -0.4 is 5.73 Å². The van der Waals surface area contributed by atoms with Crippen molar-refractivity contribution in [2.24, 2.45) is 0 Å². The zero-order chi connectivity index (χ0) is 13.4. The first kappa shape index (κ1) is 11.7. The third-order valence-electron chi connectivity index (χ3n) is 3.32. The van der Waals surface area contributed by atoms with Crippen molar-refractivity contribution in [3.63, 3.8) is 0 Å². The number of nitrogens with zero attached hydrogens (tertiary/aromatic N) is 2. The standard InChI is InChI=1S/C15H14FN3/c1-10-8-12(16)7-6-11(10)9-19-14-5-3-2-4-13(14)18-15(19)17/h2-8H,9H2,1H3,(H2,17,18). The van der Waals surface area contributed by atoms with Crippen LogP contribution in [0.4, 0.5) is 10.3 Å². The van der Waals surface area contributed by atoms with Gasteiger partial charge in [-0.3, -0.25) is 0 Å². The van der Waals surface area contributed by atoms with Crippen LogP contribution in [0.2, 0.25) is 0 Å². The van der Waals surface area contributed by atoms with Gasteiger partial charge in [-0.2, -0.15) is 0 Å². The molecule has 0 saturated carbocycles. The second-order valence-corrected chi connectivity index (χ2v) is 4.62. The summed E-state index contributed by atoms with van der Waals surface area (Å²) in [6, 6.07) is 12.6. The van der Waals surface area contributed by atoms with Gasteiger partial charge in [-0.25, -0.2) is 9.37 Å². The van der Waals surface area contributed by atoms with E-state index in [0.29, 0.717) is 12.5 Å². The molecule has 0 radical (unpaired) electrons. The largest absolute Gasteiger partial charge is 0.369 e. The maximum Gasteiger partial charge on any atom is 0.201 e. The maximum absolute atomic E-state index is 13.1. The number of hydrogen-bond acceptors (Lipinski definition) is 2. The predicted molar refractivity (Wildman–Crippen MR) is 74.4 cm³/mol. The van der Waals surface area contributed by atoms with E-state index in [1.165, 1.54) is 12.1 Å². The quantitative estimate of drug-likeness (QED) is 0.764. The highest BCUT2D eigenvalue weighted by Gasteiger charge is 2.09. The molecule has 0 aliphatic rings. The van der Waals surface area contributed by atoms with E-state index in [9.17, 15) is 4.39 Å². The van der Waals surface area contributed by atoms with Crippen molar-refractivity contribution in [1.29, 1.82) is 0 Å². The van der Waals surface area contributed by atoms with Crippen LogP contribution in [0.1, 0.15) is 11.1 Å².